The molecule has 0 aromatic rings. The fourth-order valence-electron chi connectivity index (χ4n) is 2.13. The second kappa shape index (κ2) is 19.6. The number of hydrogen-bond acceptors (Lipinski definition) is 1. The fourth-order valence-corrected chi connectivity index (χ4v) is 2.13. The van der Waals surface area contributed by atoms with Crippen LogP contribution in [0.5, 0.6) is 0 Å². The normalized spacial score (nSPS) is 10.2. The maximum absolute atomic E-state index is 8.63. The number of aliphatic hydroxyl groups excluding tert-OH is 1. The van der Waals surface area contributed by atoms with Crippen LogP contribution in [0.1, 0.15) is 93.2 Å². The summed E-state index contributed by atoms with van der Waals surface area (Å²) in [5.41, 5.74) is 0. The molecule has 0 unspecified atom stereocenters. The van der Waals surface area contributed by atoms with Crippen molar-refractivity contribution in [1.29, 1.82) is 0 Å². The van der Waals surface area contributed by atoms with Crippen molar-refractivity contribution in [3.05, 3.63) is 0 Å². The monoisotopic (exact) mass is 270 g/mol. The number of rotatable bonds is 13. The summed E-state index contributed by atoms with van der Waals surface area (Å²) < 4.78 is 0. The topological polar surface area (TPSA) is 20.2 Å². The van der Waals surface area contributed by atoms with Crippen molar-refractivity contribution in [1.82, 2.24) is 0 Å². The van der Waals surface area contributed by atoms with Crippen LogP contribution in [0.3, 0.4) is 0 Å². The molecule has 0 aliphatic heterocycles. The van der Waals surface area contributed by atoms with Gasteiger partial charge in [0.05, 0.1) is 0 Å². The van der Waals surface area contributed by atoms with Crippen LogP contribution in [-0.2, 0) is 0 Å². The van der Waals surface area contributed by atoms with E-state index in [2.05, 4.69) is 6.92 Å². The Balaban J connectivity index is -0.000000375. The second-order valence-corrected chi connectivity index (χ2v) is 4.97. The quantitative estimate of drug-likeness (QED) is 0.372. The van der Waals surface area contributed by atoms with Crippen LogP contribution < -0.4 is 0 Å². The Kier molecular flexibility index (Phi) is 23.6. The number of unbranched alkanes of at least 4 members (excludes halogenated alkanes) is 12. The molecule has 0 amide bonds. The average Bonchev–Trinajstić information content (AvgIpc) is 2.31. The van der Waals surface area contributed by atoms with Gasteiger partial charge in [0.1, 0.15) is 0 Å². The van der Waals surface area contributed by atoms with Crippen molar-refractivity contribution in [3.8, 4) is 0 Å². The van der Waals surface area contributed by atoms with Gasteiger partial charge in [-0.2, -0.15) is 0 Å². The minimum atomic E-state index is 0. The summed E-state index contributed by atoms with van der Waals surface area (Å²) in [4.78, 5) is 0. The maximum Gasteiger partial charge on any atom is 2.00 e. The summed E-state index contributed by atoms with van der Waals surface area (Å²) in [5, 5.41) is 8.63. The molecule has 17 heavy (non-hydrogen) atoms. The van der Waals surface area contributed by atoms with Crippen LogP contribution in [0, 0.1) is 0 Å². The molecule has 1 N–H and O–H groups in total. The molecule has 0 saturated carbocycles. The Labute approximate surface area is 142 Å². The van der Waals surface area contributed by atoms with E-state index in [9.17, 15) is 0 Å². The van der Waals surface area contributed by atoms with E-state index in [1.54, 1.807) is 0 Å². The van der Waals surface area contributed by atoms with E-state index < -0.39 is 0 Å². The smallest absolute Gasteiger partial charge is 1.00 e. The zero-order chi connectivity index (χ0) is 11.9. The summed E-state index contributed by atoms with van der Waals surface area (Å²) in [6, 6.07) is 0. The summed E-state index contributed by atoms with van der Waals surface area (Å²) in [5.74, 6) is 0. The first-order valence-electron chi connectivity index (χ1n) is 7.52. The number of aliphatic hydroxyl groups is 1. The fraction of sp³-hybridized carbons (Fsp3) is 1.00. The third-order valence-corrected chi connectivity index (χ3v) is 3.26. The van der Waals surface area contributed by atoms with Gasteiger partial charge >= 0.3 is 37.7 Å². The SMILES string of the molecule is CCCCCCCCCCCCCCCO.[Ca+2].[H-].[H-]. The van der Waals surface area contributed by atoms with Crippen molar-refractivity contribution in [2.45, 2.75) is 90.4 Å². The Morgan fingerprint density at radius 1 is 0.588 bits per heavy atom. The predicted octanol–water partition coefficient (Wildman–Crippen LogP) is 4.91. The third-order valence-electron chi connectivity index (χ3n) is 3.26. The molecule has 102 valence electrons. The largest absolute Gasteiger partial charge is 2.00 e. The molecule has 0 saturated heterocycles. The van der Waals surface area contributed by atoms with Gasteiger partial charge in [0.2, 0.25) is 0 Å². The Morgan fingerprint density at radius 3 is 1.18 bits per heavy atom. The molecule has 1 nitrogen and oxygen atoms in total. The average molecular weight is 271 g/mol. The van der Waals surface area contributed by atoms with Crippen molar-refractivity contribution in [2.24, 2.45) is 0 Å². The Bertz CT molecular complexity index is 113. The van der Waals surface area contributed by atoms with Crippen molar-refractivity contribution in [3.63, 3.8) is 0 Å². The molecule has 0 bridgehead atoms. The van der Waals surface area contributed by atoms with E-state index in [0.29, 0.717) is 6.61 Å². The molecule has 2 heteroatoms. The molecule has 0 aliphatic carbocycles. The third kappa shape index (κ3) is 19.7. The summed E-state index contributed by atoms with van der Waals surface area (Å²) in [6.45, 7) is 2.65. The van der Waals surface area contributed by atoms with Gasteiger partial charge in [0.15, 0.2) is 0 Å². The Hall–Kier alpha value is 1.22. The molecule has 0 spiro atoms. The van der Waals surface area contributed by atoms with Gasteiger partial charge in [-0.3, -0.25) is 0 Å². The minimum absolute atomic E-state index is 0. The minimum Gasteiger partial charge on any atom is -1.00 e. The van der Waals surface area contributed by atoms with Crippen molar-refractivity contribution >= 4 is 37.7 Å². The van der Waals surface area contributed by atoms with Gasteiger partial charge in [-0.1, -0.05) is 84.0 Å². The van der Waals surface area contributed by atoms with Gasteiger partial charge in [-0.25, -0.2) is 0 Å². The van der Waals surface area contributed by atoms with Crippen molar-refractivity contribution < 1.29 is 7.96 Å². The van der Waals surface area contributed by atoms with E-state index in [-0.39, 0.29) is 40.6 Å². The molecule has 0 atom stereocenters. The summed E-state index contributed by atoms with van der Waals surface area (Å²) in [6.07, 6.45) is 17.7. The molecule has 0 fully saturated rings. The first-order valence-corrected chi connectivity index (χ1v) is 7.52. The van der Waals surface area contributed by atoms with Crippen LogP contribution >= 0.6 is 0 Å². The molecular formula is C15H34CaO. The molecule has 0 aromatic heterocycles. The van der Waals surface area contributed by atoms with E-state index in [1.165, 1.54) is 77.0 Å². The maximum atomic E-state index is 8.63. The molecule has 0 aliphatic rings. The summed E-state index contributed by atoms with van der Waals surface area (Å²) in [7, 11) is 0. The first kappa shape index (κ1) is 20.5. The standard InChI is InChI=1S/C15H32O.Ca.2H/c1-2-3-4-5-6-7-8-9-10-11-12-13-14-15-16;;;/h16H,2-15H2,1H3;;;/q;+2;2*-1. The van der Waals surface area contributed by atoms with Gasteiger partial charge in [-0.15, -0.1) is 0 Å². The van der Waals surface area contributed by atoms with E-state index >= 15 is 0 Å². The van der Waals surface area contributed by atoms with Crippen LogP contribution in [0.25, 0.3) is 0 Å². The number of hydrogen-bond donors (Lipinski definition) is 1. The van der Waals surface area contributed by atoms with E-state index in [4.69, 9.17) is 5.11 Å². The molecule has 0 rings (SSSR count). The van der Waals surface area contributed by atoms with E-state index in [0.717, 1.165) is 6.42 Å². The molecule has 0 radical (unpaired) electrons. The zero-order valence-electron chi connectivity index (χ0n) is 14.1. The van der Waals surface area contributed by atoms with Crippen LogP contribution in [0.2, 0.25) is 0 Å². The van der Waals surface area contributed by atoms with Crippen LogP contribution in [0.4, 0.5) is 0 Å². The molecule has 0 heterocycles. The first-order chi connectivity index (χ1) is 7.91. The predicted molar refractivity (Wildman–Crippen MR) is 80.8 cm³/mol. The molecule has 0 aromatic carbocycles. The van der Waals surface area contributed by atoms with Gasteiger partial charge in [-0.05, 0) is 6.42 Å². The van der Waals surface area contributed by atoms with E-state index in [1.807, 2.05) is 0 Å². The van der Waals surface area contributed by atoms with Gasteiger partial charge in [0, 0.05) is 6.61 Å². The summed E-state index contributed by atoms with van der Waals surface area (Å²) >= 11 is 0. The van der Waals surface area contributed by atoms with Crippen LogP contribution in [0.15, 0.2) is 0 Å². The van der Waals surface area contributed by atoms with Gasteiger partial charge in [0.25, 0.3) is 0 Å². The van der Waals surface area contributed by atoms with Crippen molar-refractivity contribution in [2.75, 3.05) is 6.61 Å². The Morgan fingerprint density at radius 2 is 0.882 bits per heavy atom. The second-order valence-electron chi connectivity index (χ2n) is 4.97. The van der Waals surface area contributed by atoms with Gasteiger partial charge < -0.3 is 7.96 Å². The van der Waals surface area contributed by atoms with Crippen LogP contribution in [-0.4, -0.2) is 49.5 Å². The zero-order valence-corrected chi connectivity index (χ0v) is 14.3. The molecular weight excluding hydrogens is 236 g/mol.